The summed E-state index contributed by atoms with van der Waals surface area (Å²) in [5.74, 6) is 0.171. The van der Waals surface area contributed by atoms with Crippen molar-refractivity contribution >= 4 is 17.0 Å². The summed E-state index contributed by atoms with van der Waals surface area (Å²) in [5, 5.41) is 13.3. The number of aromatic nitrogens is 3. The lowest BCUT2D eigenvalue weighted by molar-refractivity contribution is 0.386. The molecular weight excluding hydrogens is 330 g/mol. The number of fused-ring (bicyclic) bond motifs is 1. The molecule has 0 fully saturated rings. The number of ether oxygens (including phenoxy) is 1. The van der Waals surface area contributed by atoms with Crippen molar-refractivity contribution in [3.05, 3.63) is 80.7 Å². The van der Waals surface area contributed by atoms with Gasteiger partial charge in [0.05, 0.1) is 18.3 Å². The van der Waals surface area contributed by atoms with Crippen molar-refractivity contribution < 1.29 is 4.74 Å². The molecule has 0 atom stereocenters. The maximum Gasteiger partial charge on any atom is 0.267 e. The van der Waals surface area contributed by atoms with E-state index >= 15 is 0 Å². The molecule has 1 aromatic carbocycles. The predicted octanol–water partition coefficient (Wildman–Crippen LogP) is 3.57. The monoisotopic (exact) mass is 350 g/mol. The topological polar surface area (TPSA) is 83.0 Å². The number of rotatable bonds is 5. The second kappa shape index (κ2) is 6.92. The summed E-state index contributed by atoms with van der Waals surface area (Å²) in [5.41, 5.74) is 3.48. The summed E-state index contributed by atoms with van der Waals surface area (Å²) in [6.45, 7) is 7.30. The van der Waals surface area contributed by atoms with E-state index in [9.17, 15) is 10.0 Å². The van der Waals surface area contributed by atoms with Crippen LogP contribution in [0.4, 0.5) is 0 Å². The molecule has 0 radical (unpaired) electrons. The lowest BCUT2D eigenvalue weighted by atomic mass is 10.0. The van der Waals surface area contributed by atoms with Crippen molar-refractivity contribution in [1.82, 2.24) is 14.7 Å². The SMILES string of the molecule is C=C(C)/C=C/c1cccc2c(Cc3c(OC)nc(C)c(=O)n3[O-])c[nH]c12. The number of benzene rings is 1. The van der Waals surface area contributed by atoms with E-state index in [-0.39, 0.29) is 23.7 Å². The molecule has 3 aromatic rings. The van der Waals surface area contributed by atoms with Crippen LogP contribution in [0.2, 0.25) is 0 Å². The van der Waals surface area contributed by atoms with E-state index in [0.29, 0.717) is 4.73 Å². The molecule has 3 rings (SSSR count). The molecule has 0 saturated carbocycles. The first-order valence-electron chi connectivity index (χ1n) is 8.19. The van der Waals surface area contributed by atoms with Gasteiger partial charge in [0, 0.05) is 18.0 Å². The molecule has 26 heavy (non-hydrogen) atoms. The zero-order chi connectivity index (χ0) is 18.8. The third-order valence-electron chi connectivity index (χ3n) is 4.19. The average Bonchev–Trinajstić information content (AvgIpc) is 3.03. The molecule has 2 heterocycles. The third kappa shape index (κ3) is 3.13. The summed E-state index contributed by atoms with van der Waals surface area (Å²) < 4.78 is 5.58. The van der Waals surface area contributed by atoms with Crippen molar-refractivity contribution in [3.8, 4) is 5.88 Å². The van der Waals surface area contributed by atoms with Crippen LogP contribution in [0.5, 0.6) is 5.88 Å². The summed E-state index contributed by atoms with van der Waals surface area (Å²) in [4.78, 5) is 19.3. The zero-order valence-corrected chi connectivity index (χ0v) is 15.0. The fraction of sp³-hybridized carbons (Fsp3) is 0.200. The summed E-state index contributed by atoms with van der Waals surface area (Å²) in [6.07, 6.45) is 6.01. The van der Waals surface area contributed by atoms with Gasteiger partial charge in [-0.1, -0.05) is 42.5 Å². The van der Waals surface area contributed by atoms with Crippen LogP contribution in [-0.2, 0) is 6.42 Å². The summed E-state index contributed by atoms with van der Waals surface area (Å²) in [7, 11) is 1.44. The summed E-state index contributed by atoms with van der Waals surface area (Å²) >= 11 is 0. The van der Waals surface area contributed by atoms with Gasteiger partial charge in [-0.25, -0.2) is 4.98 Å². The van der Waals surface area contributed by atoms with E-state index in [4.69, 9.17) is 4.74 Å². The van der Waals surface area contributed by atoms with Crippen molar-refractivity contribution in [2.45, 2.75) is 20.3 Å². The van der Waals surface area contributed by atoms with E-state index in [1.165, 1.54) is 14.0 Å². The second-order valence-electron chi connectivity index (χ2n) is 6.19. The first-order chi connectivity index (χ1) is 12.4. The Labute approximate surface area is 151 Å². The lowest BCUT2D eigenvalue weighted by Crippen LogP contribution is -2.24. The van der Waals surface area contributed by atoms with Gasteiger partial charge < -0.3 is 19.7 Å². The van der Waals surface area contributed by atoms with Crippen LogP contribution in [0, 0.1) is 12.1 Å². The van der Waals surface area contributed by atoms with Crippen LogP contribution in [-0.4, -0.2) is 21.8 Å². The van der Waals surface area contributed by atoms with Crippen LogP contribution in [0.25, 0.3) is 17.0 Å². The van der Waals surface area contributed by atoms with Crippen LogP contribution >= 0.6 is 0 Å². The molecule has 1 N–H and O–H groups in total. The Balaban J connectivity index is 2.09. The standard InChI is InChI=1S/C20H20N3O3/c1-12(2)8-9-14-6-5-7-16-15(11-21-18(14)16)10-17-19(26-4)22-13(3)20(24)23(17)25/h5-9,11,21H,1,10H2,2-4H3/q-1/b9-8+. The number of nitrogens with one attached hydrogen (secondary N) is 1. The number of nitrogens with zero attached hydrogens (tertiary/aromatic N) is 2. The molecule has 134 valence electrons. The third-order valence-corrected chi connectivity index (χ3v) is 4.19. The smallest absolute Gasteiger partial charge is 0.267 e. The van der Waals surface area contributed by atoms with Gasteiger partial charge in [0.1, 0.15) is 5.69 Å². The first-order valence-corrected chi connectivity index (χ1v) is 8.19. The van der Waals surface area contributed by atoms with Gasteiger partial charge in [0.15, 0.2) is 0 Å². The molecule has 0 aliphatic carbocycles. The molecule has 6 heteroatoms. The highest BCUT2D eigenvalue weighted by Gasteiger charge is 2.14. The Hall–Kier alpha value is -3.28. The van der Waals surface area contributed by atoms with E-state index in [0.717, 1.165) is 27.6 Å². The lowest BCUT2D eigenvalue weighted by Gasteiger charge is -2.19. The maximum atomic E-state index is 12.3. The van der Waals surface area contributed by atoms with Gasteiger partial charge in [0.2, 0.25) is 5.88 Å². The molecule has 0 bridgehead atoms. The molecule has 0 saturated heterocycles. The minimum atomic E-state index is -0.661. The highest BCUT2D eigenvalue weighted by atomic mass is 16.5. The van der Waals surface area contributed by atoms with E-state index in [2.05, 4.69) is 16.5 Å². The number of para-hydroxylation sites is 1. The number of allylic oxidation sites excluding steroid dienone is 2. The minimum absolute atomic E-state index is 0.117. The molecule has 0 spiro atoms. The number of hydrogen-bond acceptors (Lipinski definition) is 4. The fourth-order valence-corrected chi connectivity index (χ4v) is 2.87. The molecule has 2 aromatic heterocycles. The minimum Gasteiger partial charge on any atom is -0.803 e. The molecule has 0 aliphatic heterocycles. The molecule has 0 aliphatic rings. The van der Waals surface area contributed by atoms with Crippen molar-refractivity contribution in [1.29, 1.82) is 0 Å². The Morgan fingerprint density at radius 1 is 1.46 bits per heavy atom. The van der Waals surface area contributed by atoms with Crippen molar-refractivity contribution in [3.63, 3.8) is 0 Å². The highest BCUT2D eigenvalue weighted by Crippen LogP contribution is 2.26. The van der Waals surface area contributed by atoms with Gasteiger partial charge >= 0.3 is 0 Å². The van der Waals surface area contributed by atoms with E-state index in [1.54, 1.807) is 0 Å². The Bertz CT molecular complexity index is 1070. The highest BCUT2D eigenvalue weighted by molar-refractivity contribution is 5.90. The Morgan fingerprint density at radius 3 is 2.92 bits per heavy atom. The van der Waals surface area contributed by atoms with Gasteiger partial charge in [-0.2, -0.15) is 0 Å². The van der Waals surface area contributed by atoms with Crippen molar-refractivity contribution in [2.75, 3.05) is 7.11 Å². The Morgan fingerprint density at radius 2 is 2.23 bits per heavy atom. The van der Waals surface area contributed by atoms with E-state index in [1.807, 2.05) is 43.5 Å². The van der Waals surface area contributed by atoms with Crippen LogP contribution in [0.15, 0.2) is 47.4 Å². The molecule has 0 unspecified atom stereocenters. The maximum absolute atomic E-state index is 12.3. The number of H-pyrrole nitrogens is 1. The number of aromatic amines is 1. The second-order valence-corrected chi connectivity index (χ2v) is 6.19. The van der Waals surface area contributed by atoms with Crippen LogP contribution in [0.3, 0.4) is 0 Å². The van der Waals surface area contributed by atoms with Crippen LogP contribution < -0.4 is 10.3 Å². The molecule has 0 amide bonds. The predicted molar refractivity (Wildman–Crippen MR) is 104 cm³/mol. The summed E-state index contributed by atoms with van der Waals surface area (Å²) in [6, 6.07) is 5.92. The van der Waals surface area contributed by atoms with E-state index < -0.39 is 5.56 Å². The number of aryl methyl sites for hydroxylation is 1. The number of hydrogen-bond donors (Lipinski definition) is 1. The van der Waals surface area contributed by atoms with Crippen molar-refractivity contribution in [2.24, 2.45) is 0 Å². The normalized spacial score (nSPS) is 11.3. The van der Waals surface area contributed by atoms with Crippen LogP contribution in [0.1, 0.15) is 29.4 Å². The quantitative estimate of drug-likeness (QED) is 0.713. The van der Waals surface area contributed by atoms with Gasteiger partial charge in [-0.15, -0.1) is 0 Å². The first kappa shape index (κ1) is 17.5. The molecule has 6 nitrogen and oxygen atoms in total. The number of methoxy groups -OCH3 is 1. The molecular formula is C20H20N3O3-. The fourth-order valence-electron chi connectivity index (χ4n) is 2.87. The zero-order valence-electron chi connectivity index (χ0n) is 15.0. The van der Waals surface area contributed by atoms with Gasteiger partial charge in [-0.05, 0) is 25.0 Å². The van der Waals surface area contributed by atoms with Gasteiger partial charge in [-0.3, -0.25) is 4.79 Å². The Kier molecular flexibility index (Phi) is 4.67. The average molecular weight is 350 g/mol. The largest absolute Gasteiger partial charge is 0.803 e. The van der Waals surface area contributed by atoms with Gasteiger partial charge in [0.25, 0.3) is 5.56 Å².